The Morgan fingerprint density at radius 2 is 1.73 bits per heavy atom. The number of hydrogen-bond donors (Lipinski definition) is 1. The third kappa shape index (κ3) is 7.43. The number of hydrogen-bond acceptors (Lipinski definition) is 5. The number of sulfonamides is 1. The Morgan fingerprint density at radius 1 is 1.09 bits per heavy atom. The van der Waals surface area contributed by atoms with E-state index < -0.39 is 33.8 Å². The Bertz CT molecular complexity index is 1010. The summed E-state index contributed by atoms with van der Waals surface area (Å²) in [7, 11) is -0.628. The number of nitrogens with zero attached hydrogens (tertiary/aromatic N) is 2. The lowest BCUT2D eigenvalue weighted by Crippen LogP contribution is -2.46. The lowest BCUT2D eigenvalue weighted by molar-refractivity contribution is 0.0219. The second kappa shape index (κ2) is 12.2. The van der Waals surface area contributed by atoms with Crippen LogP contribution < -0.4 is 0 Å². The van der Waals surface area contributed by atoms with E-state index in [0.29, 0.717) is 11.6 Å². The van der Waals surface area contributed by atoms with Crippen LogP contribution in [-0.4, -0.2) is 68.7 Å². The number of benzene rings is 2. The highest BCUT2D eigenvalue weighted by Crippen LogP contribution is 2.23. The minimum Gasteiger partial charge on any atom is -0.395 e. The zero-order valence-electron chi connectivity index (χ0n) is 19.2. The Morgan fingerprint density at radius 3 is 2.30 bits per heavy atom. The van der Waals surface area contributed by atoms with Crippen LogP contribution in [0.15, 0.2) is 47.4 Å². The summed E-state index contributed by atoms with van der Waals surface area (Å²) >= 11 is 5.89. The summed E-state index contributed by atoms with van der Waals surface area (Å²) in [4.78, 5) is 1.86. The number of rotatable bonds is 12. The summed E-state index contributed by atoms with van der Waals surface area (Å²) < 4.78 is 60.9. The number of aliphatic hydroxyl groups is 1. The molecule has 0 saturated heterocycles. The van der Waals surface area contributed by atoms with Gasteiger partial charge in [-0.25, -0.2) is 17.2 Å². The Kier molecular flexibility index (Phi) is 10.2. The Hall–Kier alpha value is -1.62. The summed E-state index contributed by atoms with van der Waals surface area (Å²) in [5.74, 6) is -1.29. The van der Waals surface area contributed by atoms with Crippen LogP contribution in [0.1, 0.15) is 19.4 Å². The molecular weight excluding hydrogens is 474 g/mol. The molecule has 2 rings (SSSR count). The van der Waals surface area contributed by atoms with Crippen molar-refractivity contribution in [1.82, 2.24) is 9.21 Å². The van der Waals surface area contributed by atoms with Crippen molar-refractivity contribution in [2.24, 2.45) is 5.92 Å². The highest BCUT2D eigenvalue weighted by atomic mass is 35.5. The van der Waals surface area contributed by atoms with Crippen molar-refractivity contribution in [2.75, 3.05) is 33.9 Å². The maximum atomic E-state index is 14.0. The summed E-state index contributed by atoms with van der Waals surface area (Å²) in [6, 6.07) is 8.49. The van der Waals surface area contributed by atoms with E-state index in [1.165, 1.54) is 35.7 Å². The van der Waals surface area contributed by atoms with Crippen molar-refractivity contribution >= 4 is 21.6 Å². The van der Waals surface area contributed by atoms with Crippen molar-refractivity contribution in [1.29, 1.82) is 0 Å². The smallest absolute Gasteiger partial charge is 0.243 e. The van der Waals surface area contributed by atoms with Crippen LogP contribution >= 0.6 is 11.6 Å². The van der Waals surface area contributed by atoms with Gasteiger partial charge in [0.05, 0.1) is 17.6 Å². The normalized spacial score (nSPS) is 15.1. The van der Waals surface area contributed by atoms with E-state index in [0.717, 1.165) is 18.2 Å². The molecule has 0 aliphatic heterocycles. The van der Waals surface area contributed by atoms with Gasteiger partial charge in [0.2, 0.25) is 10.0 Å². The maximum absolute atomic E-state index is 14.0. The second-order valence-electron chi connectivity index (χ2n) is 8.24. The molecule has 0 saturated carbocycles. The minimum absolute atomic E-state index is 0.0760. The van der Waals surface area contributed by atoms with Crippen LogP contribution in [0.3, 0.4) is 0 Å². The fraction of sp³-hybridized carbons (Fsp3) is 0.478. The molecule has 0 radical (unpaired) electrons. The van der Waals surface area contributed by atoms with Crippen LogP contribution in [0.2, 0.25) is 5.02 Å². The molecule has 10 heteroatoms. The fourth-order valence-corrected chi connectivity index (χ4v) is 5.41. The number of ether oxygens (including phenoxy) is 1. The first kappa shape index (κ1) is 27.6. The topological polar surface area (TPSA) is 70.1 Å². The van der Waals surface area contributed by atoms with Crippen molar-refractivity contribution in [2.45, 2.75) is 37.4 Å². The van der Waals surface area contributed by atoms with Gasteiger partial charge < -0.3 is 9.84 Å². The van der Waals surface area contributed by atoms with Gasteiger partial charge >= 0.3 is 0 Å². The van der Waals surface area contributed by atoms with Gasteiger partial charge in [0.15, 0.2) is 0 Å². The van der Waals surface area contributed by atoms with Crippen LogP contribution in [0.25, 0.3) is 0 Å². The van der Waals surface area contributed by atoms with E-state index in [1.807, 2.05) is 6.92 Å². The van der Waals surface area contributed by atoms with Crippen LogP contribution in [0.4, 0.5) is 8.78 Å². The molecule has 6 nitrogen and oxygen atoms in total. The molecule has 2 aromatic carbocycles. The van der Waals surface area contributed by atoms with Gasteiger partial charge in [-0.1, -0.05) is 18.5 Å². The molecule has 0 heterocycles. The average molecular weight is 505 g/mol. The molecule has 2 aromatic rings. The standard InChI is InChI=1S/C23H31ClF2N2O4S/c1-16(23(32-4)14-27(3)13-18-11-20(25)7-10-22(18)26)12-28(17(2)15-29)33(30,31)21-8-5-19(24)6-9-21/h5-11,16-17,23,29H,12-15H2,1-4H3/t16-,17-,23-/m0/s1. The maximum Gasteiger partial charge on any atom is 0.243 e. The lowest BCUT2D eigenvalue weighted by atomic mass is 10.0. The monoisotopic (exact) mass is 504 g/mol. The number of aliphatic hydroxyl groups excluding tert-OH is 1. The number of likely N-dealkylation sites (N-methyl/N-ethyl adjacent to an activating group) is 1. The molecule has 0 unspecified atom stereocenters. The molecule has 3 atom stereocenters. The van der Waals surface area contributed by atoms with E-state index in [9.17, 15) is 22.3 Å². The van der Waals surface area contributed by atoms with E-state index in [-0.39, 0.29) is 36.1 Å². The molecule has 0 spiro atoms. The summed E-state index contributed by atoms with van der Waals surface area (Å²) in [5, 5.41) is 10.1. The first-order valence-electron chi connectivity index (χ1n) is 10.5. The SMILES string of the molecule is CO[C@@H](CN(C)Cc1cc(F)ccc1F)[C@@H](C)CN([C@@H](C)CO)S(=O)(=O)c1ccc(Cl)cc1. The van der Waals surface area contributed by atoms with E-state index in [4.69, 9.17) is 16.3 Å². The molecule has 184 valence electrons. The molecule has 0 fully saturated rings. The van der Waals surface area contributed by atoms with E-state index in [2.05, 4.69) is 0 Å². The number of methoxy groups -OCH3 is 1. The van der Waals surface area contributed by atoms with Gasteiger partial charge in [-0.2, -0.15) is 4.31 Å². The molecular formula is C23H31ClF2N2O4S. The predicted molar refractivity (Wildman–Crippen MR) is 125 cm³/mol. The van der Waals surface area contributed by atoms with Gasteiger partial charge in [-0.3, -0.25) is 4.90 Å². The van der Waals surface area contributed by atoms with Crippen LogP contribution in [0, 0.1) is 17.6 Å². The first-order valence-corrected chi connectivity index (χ1v) is 12.3. The minimum atomic E-state index is -3.90. The highest BCUT2D eigenvalue weighted by Gasteiger charge is 2.32. The zero-order chi connectivity index (χ0) is 24.8. The number of halogens is 3. The van der Waals surface area contributed by atoms with Crippen molar-refractivity contribution in [3.8, 4) is 0 Å². The summed E-state index contributed by atoms with van der Waals surface area (Å²) in [6.45, 7) is 3.73. The van der Waals surface area contributed by atoms with Crippen molar-refractivity contribution in [3.63, 3.8) is 0 Å². The molecule has 0 aliphatic carbocycles. The summed E-state index contributed by atoms with van der Waals surface area (Å²) in [6.07, 6.45) is -0.402. The predicted octanol–water partition coefficient (Wildman–Crippen LogP) is 3.77. The van der Waals surface area contributed by atoms with E-state index >= 15 is 0 Å². The first-order chi connectivity index (χ1) is 15.5. The molecule has 33 heavy (non-hydrogen) atoms. The largest absolute Gasteiger partial charge is 0.395 e. The van der Waals surface area contributed by atoms with Gasteiger partial charge in [0.1, 0.15) is 11.6 Å². The van der Waals surface area contributed by atoms with Gasteiger partial charge in [0, 0.05) is 43.4 Å². The van der Waals surface area contributed by atoms with Gasteiger partial charge in [-0.05, 0) is 62.4 Å². The van der Waals surface area contributed by atoms with Gasteiger partial charge in [-0.15, -0.1) is 0 Å². The molecule has 1 N–H and O–H groups in total. The van der Waals surface area contributed by atoms with Crippen LogP contribution in [-0.2, 0) is 21.3 Å². The Balaban J connectivity index is 2.16. The third-order valence-corrected chi connectivity index (χ3v) is 7.77. The molecule has 0 amide bonds. The quantitative estimate of drug-likeness (QED) is 0.476. The van der Waals surface area contributed by atoms with Crippen molar-refractivity contribution < 1.29 is 27.0 Å². The van der Waals surface area contributed by atoms with Crippen molar-refractivity contribution in [3.05, 3.63) is 64.7 Å². The second-order valence-corrected chi connectivity index (χ2v) is 10.6. The molecule has 0 bridgehead atoms. The Labute approximate surface area is 199 Å². The van der Waals surface area contributed by atoms with E-state index in [1.54, 1.807) is 18.9 Å². The third-order valence-electron chi connectivity index (χ3n) is 5.52. The van der Waals surface area contributed by atoms with Crippen LogP contribution in [0.5, 0.6) is 0 Å². The molecule has 0 aliphatic rings. The zero-order valence-corrected chi connectivity index (χ0v) is 20.8. The van der Waals surface area contributed by atoms with Gasteiger partial charge in [0.25, 0.3) is 0 Å². The fourth-order valence-electron chi connectivity index (χ4n) is 3.56. The average Bonchev–Trinajstić information content (AvgIpc) is 2.77. The highest BCUT2D eigenvalue weighted by molar-refractivity contribution is 7.89. The molecule has 0 aromatic heterocycles. The lowest BCUT2D eigenvalue weighted by Gasteiger charge is -2.33. The summed E-state index contributed by atoms with van der Waals surface area (Å²) in [5.41, 5.74) is 0.223.